The molecule has 104 valence electrons. The number of fused-ring (bicyclic) bond motifs is 1. The molecule has 1 aromatic heterocycles. The van der Waals surface area contributed by atoms with Gasteiger partial charge in [-0.2, -0.15) is 0 Å². The molecule has 0 bridgehead atoms. The normalized spacial score (nSPS) is 13.0. The van der Waals surface area contributed by atoms with Gasteiger partial charge in [-0.15, -0.1) is 0 Å². The van der Waals surface area contributed by atoms with Crippen molar-refractivity contribution >= 4 is 11.6 Å². The van der Waals surface area contributed by atoms with Crippen LogP contribution in [-0.2, 0) is 6.42 Å². The van der Waals surface area contributed by atoms with E-state index in [1.54, 1.807) is 6.20 Å². The molecule has 3 N–H and O–H groups in total. The van der Waals surface area contributed by atoms with E-state index in [2.05, 4.69) is 15.3 Å². The molecule has 6 heteroatoms. The van der Waals surface area contributed by atoms with Gasteiger partial charge in [0, 0.05) is 6.54 Å². The molecule has 0 atom stereocenters. The van der Waals surface area contributed by atoms with E-state index in [1.165, 1.54) is 11.8 Å². The van der Waals surface area contributed by atoms with Crippen molar-refractivity contribution in [3.8, 4) is 11.5 Å². The fourth-order valence-corrected chi connectivity index (χ4v) is 2.04. The van der Waals surface area contributed by atoms with Crippen LogP contribution in [0.2, 0.25) is 0 Å². The molecule has 6 nitrogen and oxygen atoms in total. The summed E-state index contributed by atoms with van der Waals surface area (Å²) in [6.07, 6.45) is 4.03. The van der Waals surface area contributed by atoms with Crippen molar-refractivity contribution in [2.45, 2.75) is 6.42 Å². The van der Waals surface area contributed by atoms with Gasteiger partial charge in [0.1, 0.15) is 24.8 Å². The molecule has 0 unspecified atom stereocenters. The molecule has 0 saturated carbocycles. The molecule has 1 aliphatic heterocycles. The summed E-state index contributed by atoms with van der Waals surface area (Å²) < 4.78 is 11.1. The lowest BCUT2D eigenvalue weighted by Crippen LogP contribution is -2.15. The molecule has 0 saturated heterocycles. The Morgan fingerprint density at radius 3 is 2.85 bits per heavy atom. The van der Waals surface area contributed by atoms with Gasteiger partial charge in [0.15, 0.2) is 11.5 Å². The summed E-state index contributed by atoms with van der Waals surface area (Å²) in [7, 11) is 0. The zero-order valence-electron chi connectivity index (χ0n) is 11.0. The maximum absolute atomic E-state index is 5.57. The van der Waals surface area contributed by atoms with Gasteiger partial charge < -0.3 is 20.5 Å². The van der Waals surface area contributed by atoms with E-state index in [-0.39, 0.29) is 0 Å². The van der Waals surface area contributed by atoms with Crippen molar-refractivity contribution in [3.63, 3.8) is 0 Å². The third-order valence-corrected chi connectivity index (χ3v) is 2.98. The van der Waals surface area contributed by atoms with Crippen LogP contribution in [0.15, 0.2) is 30.6 Å². The van der Waals surface area contributed by atoms with Crippen molar-refractivity contribution in [2.24, 2.45) is 0 Å². The quantitative estimate of drug-likeness (QED) is 0.877. The van der Waals surface area contributed by atoms with Gasteiger partial charge >= 0.3 is 0 Å². The van der Waals surface area contributed by atoms with Crippen LogP contribution >= 0.6 is 0 Å². The molecule has 0 amide bonds. The number of nitrogens with one attached hydrogen (secondary N) is 1. The third-order valence-electron chi connectivity index (χ3n) is 2.98. The molecule has 2 aromatic rings. The number of nitrogens with two attached hydrogens (primary N) is 1. The minimum atomic E-state index is 0.411. The Morgan fingerprint density at radius 2 is 2.00 bits per heavy atom. The lowest BCUT2D eigenvalue weighted by Gasteiger charge is -2.18. The highest BCUT2D eigenvalue weighted by Crippen LogP contribution is 2.30. The predicted octanol–water partition coefficient (Wildman–Crippen LogP) is 1.48. The molecular weight excluding hydrogens is 256 g/mol. The molecule has 2 heterocycles. The average molecular weight is 272 g/mol. The van der Waals surface area contributed by atoms with E-state index in [9.17, 15) is 0 Å². The van der Waals surface area contributed by atoms with Gasteiger partial charge in [0.05, 0.1) is 12.4 Å². The SMILES string of the molecule is Nc1cncc(NCCc2ccc3c(c2)OCCO3)n1. The first-order valence-electron chi connectivity index (χ1n) is 6.51. The molecule has 3 rings (SSSR count). The standard InChI is InChI=1S/C14H16N4O2/c15-13-8-16-9-14(18-13)17-4-3-10-1-2-11-12(7-10)20-6-5-19-11/h1-2,7-9H,3-6H2,(H3,15,17,18). The summed E-state index contributed by atoms with van der Waals surface area (Å²) in [5.74, 6) is 2.73. The second-order valence-electron chi connectivity index (χ2n) is 4.48. The maximum Gasteiger partial charge on any atom is 0.161 e. The Hall–Kier alpha value is -2.50. The number of benzene rings is 1. The lowest BCUT2D eigenvalue weighted by molar-refractivity contribution is 0.171. The van der Waals surface area contributed by atoms with Crippen LogP contribution in [-0.4, -0.2) is 29.7 Å². The Bertz CT molecular complexity index is 603. The first-order valence-corrected chi connectivity index (χ1v) is 6.51. The molecule has 0 fully saturated rings. The number of hydrogen-bond donors (Lipinski definition) is 2. The number of anilines is 2. The Morgan fingerprint density at radius 1 is 1.15 bits per heavy atom. The summed E-state index contributed by atoms with van der Waals surface area (Å²) in [6.45, 7) is 1.97. The monoisotopic (exact) mass is 272 g/mol. The van der Waals surface area contributed by atoms with Crippen molar-refractivity contribution in [3.05, 3.63) is 36.2 Å². The summed E-state index contributed by atoms with van der Waals surface area (Å²) in [4.78, 5) is 8.12. The number of ether oxygens (including phenoxy) is 2. The molecule has 0 radical (unpaired) electrons. The topological polar surface area (TPSA) is 82.3 Å². The van der Waals surface area contributed by atoms with Gasteiger partial charge in [-0.25, -0.2) is 4.98 Å². The first-order chi connectivity index (χ1) is 9.81. The highest BCUT2D eigenvalue weighted by molar-refractivity contribution is 5.44. The average Bonchev–Trinajstić information content (AvgIpc) is 2.47. The van der Waals surface area contributed by atoms with Crippen molar-refractivity contribution in [1.82, 2.24) is 9.97 Å². The van der Waals surface area contributed by atoms with Crippen LogP contribution in [0.25, 0.3) is 0 Å². The van der Waals surface area contributed by atoms with Crippen molar-refractivity contribution in [2.75, 3.05) is 30.8 Å². The zero-order valence-corrected chi connectivity index (χ0v) is 11.0. The van der Waals surface area contributed by atoms with E-state index in [0.29, 0.717) is 24.8 Å². The first kappa shape index (κ1) is 12.5. The number of hydrogen-bond acceptors (Lipinski definition) is 6. The van der Waals surface area contributed by atoms with Crippen LogP contribution in [0.5, 0.6) is 11.5 Å². The van der Waals surface area contributed by atoms with E-state index in [0.717, 1.165) is 24.5 Å². The minimum Gasteiger partial charge on any atom is -0.486 e. The van der Waals surface area contributed by atoms with E-state index in [4.69, 9.17) is 15.2 Å². The fourth-order valence-electron chi connectivity index (χ4n) is 2.04. The summed E-state index contributed by atoms with van der Waals surface area (Å²) in [5, 5.41) is 3.19. The summed E-state index contributed by atoms with van der Waals surface area (Å²) in [6, 6.07) is 6.01. The molecular formula is C14H16N4O2. The number of nitrogens with zero attached hydrogens (tertiary/aromatic N) is 2. The second-order valence-corrected chi connectivity index (χ2v) is 4.48. The van der Waals surface area contributed by atoms with Gasteiger partial charge in [0.2, 0.25) is 0 Å². The highest BCUT2D eigenvalue weighted by atomic mass is 16.6. The van der Waals surface area contributed by atoms with E-state index >= 15 is 0 Å². The van der Waals surface area contributed by atoms with Crippen LogP contribution in [0.4, 0.5) is 11.6 Å². The van der Waals surface area contributed by atoms with Gasteiger partial charge in [-0.1, -0.05) is 6.07 Å². The number of rotatable bonds is 4. The van der Waals surface area contributed by atoms with E-state index in [1.807, 2.05) is 18.2 Å². The largest absolute Gasteiger partial charge is 0.486 e. The summed E-state index contributed by atoms with van der Waals surface area (Å²) in [5.41, 5.74) is 6.75. The zero-order chi connectivity index (χ0) is 13.8. The van der Waals surface area contributed by atoms with Crippen LogP contribution in [0, 0.1) is 0 Å². The van der Waals surface area contributed by atoms with Gasteiger partial charge in [-0.05, 0) is 24.1 Å². The van der Waals surface area contributed by atoms with Crippen LogP contribution in [0.1, 0.15) is 5.56 Å². The third kappa shape index (κ3) is 2.90. The van der Waals surface area contributed by atoms with Crippen molar-refractivity contribution < 1.29 is 9.47 Å². The molecule has 1 aromatic carbocycles. The fraction of sp³-hybridized carbons (Fsp3) is 0.286. The number of nitrogen functional groups attached to an aromatic ring is 1. The number of aromatic nitrogens is 2. The van der Waals surface area contributed by atoms with Crippen LogP contribution in [0.3, 0.4) is 0 Å². The van der Waals surface area contributed by atoms with Gasteiger partial charge in [-0.3, -0.25) is 4.98 Å². The molecule has 1 aliphatic rings. The van der Waals surface area contributed by atoms with E-state index < -0.39 is 0 Å². The molecule has 0 aliphatic carbocycles. The Kier molecular flexibility index (Phi) is 3.54. The van der Waals surface area contributed by atoms with Crippen LogP contribution < -0.4 is 20.5 Å². The highest BCUT2D eigenvalue weighted by Gasteiger charge is 2.11. The second kappa shape index (κ2) is 5.64. The minimum absolute atomic E-state index is 0.411. The smallest absolute Gasteiger partial charge is 0.161 e. The molecule has 20 heavy (non-hydrogen) atoms. The van der Waals surface area contributed by atoms with Crippen molar-refractivity contribution in [1.29, 1.82) is 0 Å². The molecule has 0 spiro atoms. The maximum atomic E-state index is 5.57. The Labute approximate surface area is 116 Å². The predicted molar refractivity (Wildman–Crippen MR) is 76.1 cm³/mol. The Balaban J connectivity index is 1.58. The summed E-state index contributed by atoms with van der Waals surface area (Å²) >= 11 is 0. The van der Waals surface area contributed by atoms with Gasteiger partial charge in [0.25, 0.3) is 0 Å². The lowest BCUT2D eigenvalue weighted by atomic mass is 10.1.